The van der Waals surface area contributed by atoms with Gasteiger partial charge in [0.05, 0.1) is 0 Å². The first kappa shape index (κ1) is 23.0. The molecule has 1 N–H and O–H groups in total. The second-order valence-electron chi connectivity index (χ2n) is 6.68. The van der Waals surface area contributed by atoms with Crippen LogP contribution < -0.4 is 10.1 Å². The van der Waals surface area contributed by atoms with Crippen LogP contribution in [-0.4, -0.2) is 35.9 Å². The molecule has 2 aromatic rings. The summed E-state index contributed by atoms with van der Waals surface area (Å²) in [6.45, 7) is 4.33. The lowest BCUT2D eigenvalue weighted by Gasteiger charge is -2.29. The van der Waals surface area contributed by atoms with E-state index in [9.17, 15) is 9.59 Å². The van der Waals surface area contributed by atoms with Crippen molar-refractivity contribution in [2.24, 2.45) is 0 Å². The summed E-state index contributed by atoms with van der Waals surface area (Å²) in [4.78, 5) is 27.0. The summed E-state index contributed by atoms with van der Waals surface area (Å²) >= 11 is 12.2. The number of rotatable bonds is 10. The van der Waals surface area contributed by atoms with Gasteiger partial charge in [-0.25, -0.2) is 0 Å². The third-order valence-electron chi connectivity index (χ3n) is 4.45. The molecule has 1 atom stereocenters. The molecule has 156 valence electrons. The summed E-state index contributed by atoms with van der Waals surface area (Å²) in [7, 11) is 0. The van der Waals surface area contributed by atoms with Crippen LogP contribution in [0, 0.1) is 0 Å². The molecule has 0 aliphatic rings. The van der Waals surface area contributed by atoms with Gasteiger partial charge in [0.25, 0.3) is 5.91 Å². The van der Waals surface area contributed by atoms with Gasteiger partial charge in [0, 0.05) is 23.1 Å². The van der Waals surface area contributed by atoms with Gasteiger partial charge in [-0.05, 0) is 43.2 Å². The Balaban J connectivity index is 2.12. The van der Waals surface area contributed by atoms with E-state index in [2.05, 4.69) is 12.2 Å². The monoisotopic (exact) mass is 436 g/mol. The zero-order chi connectivity index (χ0) is 21.2. The minimum absolute atomic E-state index is 0.207. The van der Waals surface area contributed by atoms with Gasteiger partial charge >= 0.3 is 0 Å². The van der Waals surface area contributed by atoms with Crippen LogP contribution in [0.4, 0.5) is 0 Å². The molecular formula is C22H26Cl2N2O3. The van der Waals surface area contributed by atoms with Crippen molar-refractivity contribution in [2.75, 3.05) is 13.2 Å². The Kier molecular flexibility index (Phi) is 9.29. The van der Waals surface area contributed by atoms with Crippen molar-refractivity contribution in [2.45, 2.75) is 39.3 Å². The second-order valence-corrected chi connectivity index (χ2v) is 7.52. The van der Waals surface area contributed by atoms with Gasteiger partial charge < -0.3 is 15.0 Å². The fourth-order valence-electron chi connectivity index (χ4n) is 2.71. The standard InChI is InChI=1S/C22H26Cl2N2O3/c1-3-4-12-25-22(28)16(2)26(14-17-8-5-6-11-20(17)24)21(27)15-29-19-10-7-9-18(23)13-19/h5-11,13,16H,3-4,12,14-15H2,1-2H3,(H,25,28)/t16-/m0/s1. The minimum Gasteiger partial charge on any atom is -0.484 e. The van der Waals surface area contributed by atoms with Crippen LogP contribution in [0.2, 0.25) is 10.0 Å². The topological polar surface area (TPSA) is 58.6 Å². The number of hydrogen-bond donors (Lipinski definition) is 1. The number of amides is 2. The maximum Gasteiger partial charge on any atom is 0.261 e. The van der Waals surface area contributed by atoms with Crippen LogP contribution in [-0.2, 0) is 16.1 Å². The van der Waals surface area contributed by atoms with Crippen LogP contribution in [0.5, 0.6) is 5.75 Å². The molecule has 0 heterocycles. The summed E-state index contributed by atoms with van der Waals surface area (Å²) in [5.41, 5.74) is 0.762. The van der Waals surface area contributed by atoms with E-state index in [0.717, 1.165) is 18.4 Å². The number of benzene rings is 2. The molecule has 0 spiro atoms. The Hall–Kier alpha value is -2.24. The van der Waals surface area contributed by atoms with E-state index in [1.807, 2.05) is 18.2 Å². The SMILES string of the molecule is CCCCNC(=O)[C@H](C)N(Cc1ccccc1Cl)C(=O)COc1cccc(Cl)c1. The van der Waals surface area contributed by atoms with Crippen molar-refractivity contribution in [1.82, 2.24) is 10.2 Å². The van der Waals surface area contributed by atoms with Gasteiger partial charge in [-0.1, -0.05) is 60.8 Å². The first-order chi connectivity index (χ1) is 13.9. The van der Waals surface area contributed by atoms with Gasteiger partial charge in [0.15, 0.2) is 6.61 Å². The third kappa shape index (κ3) is 7.26. The molecule has 29 heavy (non-hydrogen) atoms. The molecule has 0 bridgehead atoms. The quantitative estimate of drug-likeness (QED) is 0.548. The molecule has 0 aliphatic heterocycles. The lowest BCUT2D eigenvalue weighted by molar-refractivity contribution is -0.142. The van der Waals surface area contributed by atoms with E-state index in [1.54, 1.807) is 37.3 Å². The number of carbonyl (C=O) groups is 2. The molecule has 0 radical (unpaired) electrons. The smallest absolute Gasteiger partial charge is 0.261 e. The van der Waals surface area contributed by atoms with Crippen LogP contribution in [0.25, 0.3) is 0 Å². The maximum atomic E-state index is 12.9. The number of carbonyl (C=O) groups excluding carboxylic acids is 2. The first-order valence-corrected chi connectivity index (χ1v) is 10.4. The molecule has 0 aromatic heterocycles. The number of nitrogens with one attached hydrogen (secondary N) is 1. The minimum atomic E-state index is -0.668. The summed E-state index contributed by atoms with van der Waals surface area (Å²) in [6, 6.07) is 13.4. The van der Waals surface area contributed by atoms with Crippen molar-refractivity contribution < 1.29 is 14.3 Å². The average molecular weight is 437 g/mol. The van der Waals surface area contributed by atoms with Crippen LogP contribution in [0.3, 0.4) is 0 Å². The van der Waals surface area contributed by atoms with E-state index in [0.29, 0.717) is 22.3 Å². The average Bonchev–Trinajstić information content (AvgIpc) is 2.71. The highest BCUT2D eigenvalue weighted by molar-refractivity contribution is 6.31. The number of halogens is 2. The van der Waals surface area contributed by atoms with Crippen molar-refractivity contribution in [1.29, 1.82) is 0 Å². The van der Waals surface area contributed by atoms with E-state index in [-0.39, 0.29) is 25.0 Å². The molecule has 2 rings (SSSR count). The Morgan fingerprint density at radius 2 is 1.90 bits per heavy atom. The highest BCUT2D eigenvalue weighted by Gasteiger charge is 2.26. The van der Waals surface area contributed by atoms with Gasteiger partial charge in [-0.2, -0.15) is 0 Å². The fraction of sp³-hybridized carbons (Fsp3) is 0.364. The number of nitrogens with zero attached hydrogens (tertiary/aromatic N) is 1. The Bertz CT molecular complexity index is 829. The molecule has 5 nitrogen and oxygen atoms in total. The molecular weight excluding hydrogens is 411 g/mol. The summed E-state index contributed by atoms with van der Waals surface area (Å²) < 4.78 is 5.59. The van der Waals surface area contributed by atoms with Gasteiger partial charge in [-0.15, -0.1) is 0 Å². The third-order valence-corrected chi connectivity index (χ3v) is 5.06. The van der Waals surface area contributed by atoms with Gasteiger partial charge in [0.2, 0.25) is 5.91 Å². The highest BCUT2D eigenvalue weighted by Crippen LogP contribution is 2.20. The van der Waals surface area contributed by atoms with E-state index in [1.165, 1.54) is 4.90 Å². The lowest BCUT2D eigenvalue weighted by Crippen LogP contribution is -2.49. The molecule has 0 unspecified atom stereocenters. The second kappa shape index (κ2) is 11.7. The van der Waals surface area contributed by atoms with Crippen LogP contribution in [0.1, 0.15) is 32.3 Å². The zero-order valence-corrected chi connectivity index (χ0v) is 18.2. The summed E-state index contributed by atoms with van der Waals surface area (Å²) in [6.07, 6.45) is 1.86. The number of unbranched alkanes of at least 4 members (excludes halogenated alkanes) is 1. The molecule has 2 aromatic carbocycles. The van der Waals surface area contributed by atoms with Gasteiger partial charge in [0.1, 0.15) is 11.8 Å². The molecule has 0 saturated heterocycles. The first-order valence-electron chi connectivity index (χ1n) is 9.61. The Morgan fingerprint density at radius 3 is 2.59 bits per heavy atom. The molecule has 0 saturated carbocycles. The van der Waals surface area contributed by atoms with E-state index < -0.39 is 6.04 Å². The molecule has 0 fully saturated rings. The number of ether oxygens (including phenoxy) is 1. The largest absolute Gasteiger partial charge is 0.484 e. The van der Waals surface area contributed by atoms with E-state index in [4.69, 9.17) is 27.9 Å². The Morgan fingerprint density at radius 1 is 1.14 bits per heavy atom. The van der Waals surface area contributed by atoms with Crippen molar-refractivity contribution in [3.05, 3.63) is 64.1 Å². The van der Waals surface area contributed by atoms with Crippen molar-refractivity contribution in [3.8, 4) is 5.75 Å². The molecule has 2 amide bonds. The normalized spacial score (nSPS) is 11.6. The lowest BCUT2D eigenvalue weighted by atomic mass is 10.1. The van der Waals surface area contributed by atoms with Gasteiger partial charge in [-0.3, -0.25) is 9.59 Å². The maximum absolute atomic E-state index is 12.9. The predicted molar refractivity (Wildman–Crippen MR) is 116 cm³/mol. The highest BCUT2D eigenvalue weighted by atomic mass is 35.5. The summed E-state index contributed by atoms with van der Waals surface area (Å²) in [5, 5.41) is 3.94. The van der Waals surface area contributed by atoms with E-state index >= 15 is 0 Å². The summed E-state index contributed by atoms with van der Waals surface area (Å²) in [5.74, 6) is -0.0340. The van der Waals surface area contributed by atoms with Crippen molar-refractivity contribution >= 4 is 35.0 Å². The molecule has 7 heteroatoms. The van der Waals surface area contributed by atoms with Crippen LogP contribution in [0.15, 0.2) is 48.5 Å². The Labute approximate surface area is 181 Å². The molecule has 0 aliphatic carbocycles. The van der Waals surface area contributed by atoms with Crippen LogP contribution >= 0.6 is 23.2 Å². The fourth-order valence-corrected chi connectivity index (χ4v) is 3.09. The van der Waals surface area contributed by atoms with Crippen molar-refractivity contribution in [3.63, 3.8) is 0 Å². The number of hydrogen-bond acceptors (Lipinski definition) is 3. The zero-order valence-electron chi connectivity index (χ0n) is 16.7. The predicted octanol–water partition coefficient (Wildman–Crippen LogP) is 4.71.